The molecule has 2 saturated carbocycles. The van der Waals surface area contributed by atoms with Crippen molar-refractivity contribution in [3.05, 3.63) is 0 Å². The summed E-state index contributed by atoms with van der Waals surface area (Å²) in [4.78, 5) is 63.9. The predicted octanol–water partition coefficient (Wildman–Crippen LogP) is -2.21. The minimum Gasteiger partial charge on any atom is -0.479 e. The number of nitrogens with one attached hydrogen (secondary N) is 3. The third-order valence-electron chi connectivity index (χ3n) is 13.8. The highest BCUT2D eigenvalue weighted by molar-refractivity contribution is 5.82. The first-order valence-corrected chi connectivity index (χ1v) is 25.1. The third kappa shape index (κ3) is 18.4. The van der Waals surface area contributed by atoms with Gasteiger partial charge in [-0.2, -0.15) is 0 Å². The van der Waals surface area contributed by atoms with Crippen LogP contribution in [0, 0.1) is 17.8 Å². The Labute approximate surface area is 414 Å². The number of hydrogen-bond acceptors (Lipinski definition) is 20. The number of rotatable bonds is 30. The topological polar surface area (TPSA) is 357 Å². The van der Waals surface area contributed by atoms with Crippen LogP contribution in [0.15, 0.2) is 0 Å². The summed E-state index contributed by atoms with van der Waals surface area (Å²) in [5, 5.41) is 91.1. The Morgan fingerprint density at radius 1 is 0.789 bits per heavy atom. The van der Waals surface area contributed by atoms with E-state index >= 15 is 0 Å². The molecule has 0 aromatic carbocycles. The first-order valence-electron chi connectivity index (χ1n) is 25.1. The zero-order valence-corrected chi connectivity index (χ0v) is 41.4. The van der Waals surface area contributed by atoms with Crippen molar-refractivity contribution in [1.82, 2.24) is 16.0 Å². The van der Waals surface area contributed by atoms with Crippen LogP contribution in [0.25, 0.3) is 0 Å². The minimum absolute atomic E-state index is 0.0120. The van der Waals surface area contributed by atoms with Gasteiger partial charge in [-0.25, -0.2) is 4.79 Å². The second-order valence-corrected chi connectivity index (χ2v) is 19.0. The van der Waals surface area contributed by atoms with Crippen LogP contribution < -0.4 is 16.0 Å². The van der Waals surface area contributed by atoms with E-state index in [0.717, 1.165) is 32.1 Å². The third-order valence-corrected chi connectivity index (χ3v) is 13.8. The number of carboxylic acid groups (broad SMARTS) is 1. The number of carbonyl (C=O) groups is 5. The number of methoxy groups -OCH3 is 1. The number of hydrogen-bond donors (Lipinski definition) is 11. The summed E-state index contributed by atoms with van der Waals surface area (Å²) in [7, 11) is 1.26. The van der Waals surface area contributed by atoms with Crippen LogP contribution in [0.5, 0.6) is 0 Å². The molecule has 4 rings (SSSR count). The molecule has 4 fully saturated rings. The van der Waals surface area contributed by atoms with E-state index in [4.69, 9.17) is 43.0 Å². The molecule has 17 atom stereocenters. The van der Waals surface area contributed by atoms with Gasteiger partial charge in [0.1, 0.15) is 54.6 Å². The maximum atomic E-state index is 14.0. The highest BCUT2D eigenvalue weighted by atomic mass is 16.7. The lowest BCUT2D eigenvalue weighted by Gasteiger charge is -2.49. The number of amides is 3. The second-order valence-electron chi connectivity index (χ2n) is 19.0. The van der Waals surface area contributed by atoms with Crippen LogP contribution in [0.3, 0.4) is 0 Å². The fraction of sp³-hybridized carbons (Fsp3) is 0.894. The molecule has 0 spiro atoms. The number of carbonyl (C=O) groups excluding carboxylic acids is 4. The van der Waals surface area contributed by atoms with E-state index in [9.17, 15) is 59.7 Å². The molecular formula is C47H81N3O21. The smallest absolute Gasteiger partial charge is 0.332 e. The van der Waals surface area contributed by atoms with E-state index in [1.54, 1.807) is 0 Å². The van der Waals surface area contributed by atoms with Crippen molar-refractivity contribution < 1.29 is 103 Å². The summed E-state index contributed by atoms with van der Waals surface area (Å²) >= 11 is 0. The average molecular weight is 1020 g/mol. The van der Waals surface area contributed by atoms with Crippen molar-refractivity contribution in [1.29, 1.82) is 0 Å². The highest BCUT2D eigenvalue weighted by Gasteiger charge is 2.53. The Bertz CT molecular complexity index is 1620. The quantitative estimate of drug-likeness (QED) is 0.0340. The van der Waals surface area contributed by atoms with E-state index < -0.39 is 135 Å². The number of Topliss-reactive ketones (excluding diaryl/α,β-unsaturated/α-hetero) is 1. The SMILES string of the molecule is CCC1CC(C(=O)CCCNC(=O)CCOCCOCCNC(=O)[C@@H](O)[C@H](CO)OC)C[C@@H](O[C@@H]2O[C@@H](CO)[C@H](O)C(O[C@@H](CC3CCCCC3)C(=O)O)C2NC(C)=O)[C@@H]1O[C@@H]1OC(C)[C@@H](O)[C@H](O)C1O. The van der Waals surface area contributed by atoms with Crippen LogP contribution in [0.1, 0.15) is 97.8 Å². The van der Waals surface area contributed by atoms with Gasteiger partial charge < -0.3 is 94.7 Å². The maximum absolute atomic E-state index is 14.0. The summed E-state index contributed by atoms with van der Waals surface area (Å²) < 4.78 is 46.8. The van der Waals surface area contributed by atoms with Crippen molar-refractivity contribution in [2.45, 2.75) is 190 Å². The lowest BCUT2D eigenvalue weighted by Crippen LogP contribution is -2.67. The molecule has 24 nitrogen and oxygen atoms in total. The van der Waals surface area contributed by atoms with Gasteiger partial charge in [0.05, 0.1) is 58.0 Å². The summed E-state index contributed by atoms with van der Waals surface area (Å²) in [5.41, 5.74) is 0. The van der Waals surface area contributed by atoms with E-state index in [2.05, 4.69) is 16.0 Å². The van der Waals surface area contributed by atoms with Crippen molar-refractivity contribution in [2.75, 3.05) is 59.8 Å². The molecule has 24 heteroatoms. The van der Waals surface area contributed by atoms with E-state index in [-0.39, 0.29) is 82.8 Å². The molecule has 71 heavy (non-hydrogen) atoms. The van der Waals surface area contributed by atoms with Gasteiger partial charge in [-0.15, -0.1) is 0 Å². The summed E-state index contributed by atoms with van der Waals surface area (Å²) in [6, 6.07) is -1.33. The van der Waals surface area contributed by atoms with Gasteiger partial charge in [-0.05, 0) is 44.4 Å². The number of aliphatic hydroxyl groups excluding tert-OH is 7. The normalized spacial score (nSPS) is 32.8. The molecule has 410 valence electrons. The van der Waals surface area contributed by atoms with Crippen LogP contribution in [0.2, 0.25) is 0 Å². The molecule has 0 aromatic rings. The van der Waals surface area contributed by atoms with E-state index in [0.29, 0.717) is 19.3 Å². The zero-order chi connectivity index (χ0) is 52.2. The second kappa shape index (κ2) is 31.0. The number of aliphatic carboxylic acids is 1. The van der Waals surface area contributed by atoms with Crippen molar-refractivity contribution in [2.24, 2.45) is 17.8 Å². The molecule has 0 bridgehead atoms. The van der Waals surface area contributed by atoms with E-state index in [1.807, 2.05) is 6.92 Å². The molecule has 0 aromatic heterocycles. The van der Waals surface area contributed by atoms with Crippen molar-refractivity contribution in [3.63, 3.8) is 0 Å². The van der Waals surface area contributed by atoms with Crippen LogP contribution in [-0.2, 0) is 61.9 Å². The molecule has 11 N–H and O–H groups in total. The van der Waals surface area contributed by atoms with Gasteiger partial charge in [0.25, 0.3) is 5.91 Å². The molecule has 4 aliphatic rings. The van der Waals surface area contributed by atoms with Gasteiger partial charge in [0.2, 0.25) is 11.8 Å². The molecular weight excluding hydrogens is 943 g/mol. The Balaban J connectivity index is 1.38. The molecule has 0 radical (unpaired) electrons. The first-order chi connectivity index (χ1) is 33.9. The fourth-order valence-electron chi connectivity index (χ4n) is 9.72. The van der Waals surface area contributed by atoms with E-state index in [1.165, 1.54) is 21.0 Å². The molecule has 2 aliphatic carbocycles. The molecule has 3 amide bonds. The van der Waals surface area contributed by atoms with Crippen molar-refractivity contribution >= 4 is 29.5 Å². The Kier molecular flexibility index (Phi) is 26.4. The van der Waals surface area contributed by atoms with Gasteiger partial charge in [-0.3, -0.25) is 19.2 Å². The predicted molar refractivity (Wildman–Crippen MR) is 246 cm³/mol. The van der Waals surface area contributed by atoms with Crippen LogP contribution in [-0.4, -0.2) is 222 Å². The van der Waals surface area contributed by atoms with Gasteiger partial charge in [0, 0.05) is 45.9 Å². The van der Waals surface area contributed by atoms with Gasteiger partial charge in [-0.1, -0.05) is 45.4 Å². The Hall–Kier alpha value is -3.05. The largest absolute Gasteiger partial charge is 0.479 e. The highest BCUT2D eigenvalue weighted by Crippen LogP contribution is 2.40. The number of ketones is 1. The number of ether oxygens (including phenoxy) is 8. The van der Waals surface area contributed by atoms with Crippen LogP contribution in [0.4, 0.5) is 0 Å². The monoisotopic (exact) mass is 1020 g/mol. The first kappa shape index (κ1) is 60.5. The molecule has 2 saturated heterocycles. The van der Waals surface area contributed by atoms with Gasteiger partial charge >= 0.3 is 5.97 Å². The molecule has 2 heterocycles. The van der Waals surface area contributed by atoms with Crippen LogP contribution >= 0.6 is 0 Å². The average Bonchev–Trinajstić information content (AvgIpc) is 3.35. The Morgan fingerprint density at radius 3 is 2.13 bits per heavy atom. The lowest BCUT2D eigenvalue weighted by atomic mass is 9.74. The number of carboxylic acids is 1. The van der Waals surface area contributed by atoms with Crippen molar-refractivity contribution in [3.8, 4) is 0 Å². The Morgan fingerprint density at radius 2 is 1.49 bits per heavy atom. The number of aliphatic hydroxyl groups is 7. The summed E-state index contributed by atoms with van der Waals surface area (Å²) in [6.07, 6.45) is -13.1. The minimum atomic E-state index is -1.68. The molecule has 6 unspecified atom stereocenters. The lowest BCUT2D eigenvalue weighted by molar-refractivity contribution is -0.338. The zero-order valence-electron chi connectivity index (χ0n) is 41.4. The summed E-state index contributed by atoms with van der Waals surface area (Å²) in [5.74, 6) is -4.02. The summed E-state index contributed by atoms with van der Waals surface area (Å²) in [6.45, 7) is 4.19. The fourth-order valence-corrected chi connectivity index (χ4v) is 9.72. The van der Waals surface area contributed by atoms with Gasteiger partial charge in [0.15, 0.2) is 24.8 Å². The standard InChI is InChI=1S/C47H81N3O21/c1-5-28-21-29(30(54)12-9-14-48-35(55)13-16-65-18-19-66-17-15-49-44(61)39(58)33(23-51)64-4)22-31(42(28)71-47-41(60)40(59)37(56)25(2)67-47)69-46-36(50-26(3)53)43(38(57)34(24-52)70-46)68-32(45(62)63)20-27-10-7-6-8-11-27/h25,27-29,31-34,36-43,46-47,51-52,56-60H,5-24H2,1-4H3,(H,48,55)(H,49,61)(H,50,53)(H,62,63)/t25?,28?,29?,31-,32+,33+,34+,36?,37-,38+,39+,40+,41?,42-,43?,46-,47+/m1/s1. The maximum Gasteiger partial charge on any atom is 0.332 e. The molecule has 2 aliphatic heterocycles.